The van der Waals surface area contributed by atoms with Gasteiger partial charge in [-0.2, -0.15) is 0 Å². The summed E-state index contributed by atoms with van der Waals surface area (Å²) in [5.74, 6) is -0.177. The van der Waals surface area contributed by atoms with Crippen LogP contribution in [0.3, 0.4) is 0 Å². The molecule has 1 rings (SSSR count). The molecule has 0 saturated carbocycles. The molecule has 0 aromatic heterocycles. The standard InChI is InChI=1S/C19H31N3O2/c1-14(2)22(15(3)4)12-11-20-18(23)9-10-21-19(24)17-8-6-7-16(5)13-17/h6-8,13-15H,9-12H2,1-5H3,(H,20,23)(H,21,24). The van der Waals surface area contributed by atoms with Crippen molar-refractivity contribution in [3.05, 3.63) is 35.4 Å². The largest absolute Gasteiger partial charge is 0.355 e. The molecule has 2 amide bonds. The predicted molar refractivity (Wildman–Crippen MR) is 98.1 cm³/mol. The molecule has 24 heavy (non-hydrogen) atoms. The number of amides is 2. The average molecular weight is 333 g/mol. The van der Waals surface area contributed by atoms with Gasteiger partial charge in [-0.05, 0) is 46.8 Å². The molecule has 0 spiro atoms. The first-order valence-corrected chi connectivity index (χ1v) is 8.68. The molecule has 0 atom stereocenters. The maximum atomic E-state index is 12.0. The smallest absolute Gasteiger partial charge is 0.251 e. The second-order valence-corrected chi connectivity index (χ2v) is 6.65. The van der Waals surface area contributed by atoms with Gasteiger partial charge in [-0.1, -0.05) is 17.7 Å². The van der Waals surface area contributed by atoms with E-state index in [2.05, 4.69) is 43.2 Å². The van der Waals surface area contributed by atoms with Crippen molar-refractivity contribution in [3.8, 4) is 0 Å². The Hall–Kier alpha value is -1.88. The van der Waals surface area contributed by atoms with E-state index in [9.17, 15) is 9.59 Å². The van der Waals surface area contributed by atoms with Crippen LogP contribution in [0.15, 0.2) is 24.3 Å². The van der Waals surface area contributed by atoms with Gasteiger partial charge in [-0.25, -0.2) is 0 Å². The van der Waals surface area contributed by atoms with Crippen molar-refractivity contribution in [1.82, 2.24) is 15.5 Å². The summed E-state index contributed by atoms with van der Waals surface area (Å²) in [6, 6.07) is 8.32. The van der Waals surface area contributed by atoms with Gasteiger partial charge >= 0.3 is 0 Å². The summed E-state index contributed by atoms with van der Waals surface area (Å²) in [5.41, 5.74) is 1.67. The van der Waals surface area contributed by atoms with Crippen molar-refractivity contribution < 1.29 is 9.59 Å². The third-order valence-corrected chi connectivity index (χ3v) is 3.94. The summed E-state index contributed by atoms with van der Waals surface area (Å²) in [6.45, 7) is 12.4. The zero-order valence-electron chi connectivity index (χ0n) is 15.6. The maximum Gasteiger partial charge on any atom is 0.251 e. The number of rotatable bonds is 9. The third-order valence-electron chi connectivity index (χ3n) is 3.94. The topological polar surface area (TPSA) is 61.4 Å². The minimum Gasteiger partial charge on any atom is -0.355 e. The number of nitrogens with zero attached hydrogens (tertiary/aromatic N) is 1. The highest BCUT2D eigenvalue weighted by Crippen LogP contribution is 2.04. The molecule has 0 aliphatic heterocycles. The lowest BCUT2D eigenvalue weighted by atomic mass is 10.1. The van der Waals surface area contributed by atoms with Gasteiger partial charge in [-0.3, -0.25) is 14.5 Å². The zero-order chi connectivity index (χ0) is 18.1. The molecule has 0 saturated heterocycles. The number of benzene rings is 1. The molecule has 1 aromatic carbocycles. The summed E-state index contributed by atoms with van der Waals surface area (Å²) < 4.78 is 0. The van der Waals surface area contributed by atoms with E-state index in [4.69, 9.17) is 0 Å². The molecule has 0 fully saturated rings. The summed E-state index contributed by atoms with van der Waals surface area (Å²) in [4.78, 5) is 26.2. The molecule has 0 aliphatic rings. The monoisotopic (exact) mass is 333 g/mol. The van der Waals surface area contributed by atoms with Crippen LogP contribution in [0.25, 0.3) is 0 Å². The normalized spacial score (nSPS) is 11.2. The summed E-state index contributed by atoms with van der Waals surface area (Å²) >= 11 is 0. The molecule has 0 unspecified atom stereocenters. The lowest BCUT2D eigenvalue weighted by molar-refractivity contribution is -0.121. The van der Waals surface area contributed by atoms with Crippen molar-refractivity contribution in [2.24, 2.45) is 0 Å². The van der Waals surface area contributed by atoms with E-state index in [1.54, 1.807) is 6.07 Å². The van der Waals surface area contributed by atoms with E-state index in [0.717, 1.165) is 12.1 Å². The highest BCUT2D eigenvalue weighted by molar-refractivity contribution is 5.94. The second kappa shape index (κ2) is 10.1. The first-order chi connectivity index (χ1) is 11.3. The predicted octanol–water partition coefficient (Wildman–Crippen LogP) is 2.35. The fourth-order valence-corrected chi connectivity index (χ4v) is 2.70. The second-order valence-electron chi connectivity index (χ2n) is 6.65. The van der Waals surface area contributed by atoms with Crippen LogP contribution in [0.1, 0.15) is 50.0 Å². The van der Waals surface area contributed by atoms with Gasteiger partial charge in [0.2, 0.25) is 5.91 Å². The van der Waals surface area contributed by atoms with Gasteiger partial charge in [0.15, 0.2) is 0 Å². The molecule has 0 radical (unpaired) electrons. The Kier molecular flexibility index (Phi) is 8.47. The number of aryl methyl sites for hydroxylation is 1. The fourth-order valence-electron chi connectivity index (χ4n) is 2.70. The van der Waals surface area contributed by atoms with E-state index in [0.29, 0.717) is 37.2 Å². The number of hydrogen-bond donors (Lipinski definition) is 2. The Morgan fingerprint density at radius 3 is 2.29 bits per heavy atom. The molecular formula is C19H31N3O2. The molecule has 2 N–H and O–H groups in total. The van der Waals surface area contributed by atoms with Crippen molar-refractivity contribution in [1.29, 1.82) is 0 Å². The molecule has 5 heteroatoms. The highest BCUT2D eigenvalue weighted by atomic mass is 16.2. The van der Waals surface area contributed by atoms with E-state index >= 15 is 0 Å². The van der Waals surface area contributed by atoms with Crippen LogP contribution >= 0.6 is 0 Å². The van der Waals surface area contributed by atoms with Gasteiger partial charge in [0, 0.05) is 43.7 Å². The summed E-state index contributed by atoms with van der Waals surface area (Å²) in [6.07, 6.45) is 0.293. The molecular weight excluding hydrogens is 302 g/mol. The van der Waals surface area contributed by atoms with Crippen molar-refractivity contribution in [2.75, 3.05) is 19.6 Å². The van der Waals surface area contributed by atoms with Crippen LogP contribution in [-0.2, 0) is 4.79 Å². The molecule has 5 nitrogen and oxygen atoms in total. The van der Waals surface area contributed by atoms with Crippen LogP contribution in [-0.4, -0.2) is 48.4 Å². The average Bonchev–Trinajstić information content (AvgIpc) is 2.50. The first kappa shape index (κ1) is 20.2. The van der Waals surface area contributed by atoms with Crippen LogP contribution in [0.5, 0.6) is 0 Å². The van der Waals surface area contributed by atoms with E-state index < -0.39 is 0 Å². The molecule has 134 valence electrons. The highest BCUT2D eigenvalue weighted by Gasteiger charge is 2.13. The van der Waals surface area contributed by atoms with Gasteiger partial charge in [0.05, 0.1) is 0 Å². The summed E-state index contributed by atoms with van der Waals surface area (Å²) in [5, 5.41) is 5.70. The number of nitrogens with one attached hydrogen (secondary N) is 2. The Bertz CT molecular complexity index is 533. The van der Waals surface area contributed by atoms with Crippen molar-refractivity contribution >= 4 is 11.8 Å². The molecule has 0 bridgehead atoms. The Morgan fingerprint density at radius 2 is 1.71 bits per heavy atom. The molecule has 1 aromatic rings. The van der Waals surface area contributed by atoms with E-state index in [1.165, 1.54) is 0 Å². The van der Waals surface area contributed by atoms with Gasteiger partial charge < -0.3 is 10.6 Å². The number of carbonyl (C=O) groups is 2. The quantitative estimate of drug-likeness (QED) is 0.729. The lowest BCUT2D eigenvalue weighted by Crippen LogP contribution is -2.42. The van der Waals surface area contributed by atoms with Crippen LogP contribution in [0, 0.1) is 6.92 Å². The number of carbonyl (C=O) groups excluding carboxylic acids is 2. The van der Waals surface area contributed by atoms with Crippen LogP contribution in [0.4, 0.5) is 0 Å². The Morgan fingerprint density at radius 1 is 1.04 bits per heavy atom. The molecule has 0 aliphatic carbocycles. The van der Waals surface area contributed by atoms with Gasteiger partial charge in [0.25, 0.3) is 5.91 Å². The van der Waals surface area contributed by atoms with Crippen molar-refractivity contribution in [2.45, 2.75) is 53.1 Å². The fraction of sp³-hybridized carbons (Fsp3) is 0.579. The van der Waals surface area contributed by atoms with Crippen LogP contribution < -0.4 is 10.6 Å². The SMILES string of the molecule is Cc1cccc(C(=O)NCCC(=O)NCCN(C(C)C)C(C)C)c1. The van der Waals surface area contributed by atoms with Gasteiger partial charge in [-0.15, -0.1) is 0 Å². The Labute approximate surface area is 145 Å². The zero-order valence-corrected chi connectivity index (χ0v) is 15.6. The summed E-state index contributed by atoms with van der Waals surface area (Å²) in [7, 11) is 0. The minimum atomic E-state index is -0.141. The maximum absolute atomic E-state index is 12.0. The Balaban J connectivity index is 2.25. The molecule has 0 heterocycles. The van der Waals surface area contributed by atoms with Gasteiger partial charge in [0.1, 0.15) is 0 Å². The van der Waals surface area contributed by atoms with Crippen LogP contribution in [0.2, 0.25) is 0 Å². The third kappa shape index (κ3) is 7.13. The van der Waals surface area contributed by atoms with E-state index in [1.807, 2.05) is 25.1 Å². The first-order valence-electron chi connectivity index (χ1n) is 8.68. The minimum absolute atomic E-state index is 0.0352. The van der Waals surface area contributed by atoms with E-state index in [-0.39, 0.29) is 11.8 Å². The lowest BCUT2D eigenvalue weighted by Gasteiger charge is -2.30. The van der Waals surface area contributed by atoms with Crippen molar-refractivity contribution in [3.63, 3.8) is 0 Å². The number of hydrogen-bond acceptors (Lipinski definition) is 3.